The molecule has 2 aromatic carbocycles. The summed E-state index contributed by atoms with van der Waals surface area (Å²) in [6.45, 7) is 10.2. The minimum atomic E-state index is -1.43. The molecule has 0 bridgehead atoms. The second-order valence-corrected chi connectivity index (χ2v) is 10.7. The number of fused-ring (bicyclic) bond motifs is 1. The van der Waals surface area contributed by atoms with Crippen LogP contribution in [0.1, 0.15) is 52.7 Å². The third-order valence-electron chi connectivity index (χ3n) is 5.17. The van der Waals surface area contributed by atoms with Crippen molar-refractivity contribution >= 4 is 29.1 Å². The number of rotatable bonds is 6. The highest BCUT2D eigenvalue weighted by molar-refractivity contribution is 5.92. The summed E-state index contributed by atoms with van der Waals surface area (Å²) in [5.41, 5.74) is 0.224. The molecule has 1 aromatic heterocycles. The van der Waals surface area contributed by atoms with Gasteiger partial charge in [-0.2, -0.15) is 5.06 Å². The second-order valence-electron chi connectivity index (χ2n) is 10.7. The van der Waals surface area contributed by atoms with Gasteiger partial charge in [-0.3, -0.25) is 9.77 Å². The summed E-state index contributed by atoms with van der Waals surface area (Å²) in [7, 11) is 0. The van der Waals surface area contributed by atoms with Gasteiger partial charge in [0.25, 0.3) is 0 Å². The van der Waals surface area contributed by atoms with Crippen molar-refractivity contribution in [3.05, 3.63) is 71.9 Å². The van der Waals surface area contributed by atoms with E-state index in [2.05, 4.69) is 0 Å². The molecule has 0 spiro atoms. The number of para-hydroxylation sites is 1. The van der Waals surface area contributed by atoms with Gasteiger partial charge in [0.15, 0.2) is 6.04 Å². The van der Waals surface area contributed by atoms with E-state index >= 15 is 0 Å². The van der Waals surface area contributed by atoms with E-state index in [1.54, 1.807) is 84.1 Å². The van der Waals surface area contributed by atoms with Gasteiger partial charge < -0.3 is 14.2 Å². The zero-order valence-corrected chi connectivity index (χ0v) is 22.1. The van der Waals surface area contributed by atoms with Crippen molar-refractivity contribution in [3.63, 3.8) is 0 Å². The van der Waals surface area contributed by atoms with Crippen LogP contribution in [-0.2, 0) is 32.0 Å². The third-order valence-corrected chi connectivity index (χ3v) is 5.17. The zero-order valence-electron chi connectivity index (χ0n) is 22.1. The molecule has 3 aromatic rings. The highest BCUT2D eigenvalue weighted by Gasteiger charge is 2.35. The smallest absolute Gasteiger partial charge is 0.435 e. The SMILES string of the molecule is CC(C)(C)OC(=O)N(O)C(Cc1cn(C(=O)OC(C)(C)C)c2ccccc12)C(=O)OCc1ccccc1. The van der Waals surface area contributed by atoms with Gasteiger partial charge in [-0.1, -0.05) is 48.5 Å². The lowest BCUT2D eigenvalue weighted by molar-refractivity contribution is -0.171. The zero-order chi connectivity index (χ0) is 27.4. The minimum Gasteiger partial charge on any atom is -0.459 e. The number of hydrogen-bond donors (Lipinski definition) is 1. The van der Waals surface area contributed by atoms with Crippen LogP contribution in [0.2, 0.25) is 0 Å². The average molecular weight is 511 g/mol. The molecule has 1 heterocycles. The van der Waals surface area contributed by atoms with Crippen LogP contribution in [0.5, 0.6) is 0 Å². The van der Waals surface area contributed by atoms with Gasteiger partial charge in [0.05, 0.1) is 5.52 Å². The number of nitrogens with zero attached hydrogens (tertiary/aromatic N) is 2. The first-order valence-corrected chi connectivity index (χ1v) is 12.0. The number of ether oxygens (including phenoxy) is 3. The Kier molecular flexibility index (Phi) is 8.28. The normalized spacial score (nSPS) is 12.6. The van der Waals surface area contributed by atoms with Gasteiger partial charge in [-0.05, 0) is 58.7 Å². The van der Waals surface area contributed by atoms with Crippen LogP contribution in [0.25, 0.3) is 10.9 Å². The van der Waals surface area contributed by atoms with Crippen molar-refractivity contribution in [2.45, 2.75) is 71.8 Å². The molecule has 1 unspecified atom stereocenters. The maximum atomic E-state index is 13.2. The van der Waals surface area contributed by atoms with Crippen molar-refractivity contribution in [2.24, 2.45) is 0 Å². The molecule has 1 atom stereocenters. The lowest BCUT2D eigenvalue weighted by Crippen LogP contribution is -2.47. The number of hydrogen-bond acceptors (Lipinski definition) is 7. The van der Waals surface area contributed by atoms with Gasteiger partial charge in [-0.25, -0.2) is 14.4 Å². The molecule has 37 heavy (non-hydrogen) atoms. The quantitative estimate of drug-likeness (QED) is 0.196. The summed E-state index contributed by atoms with van der Waals surface area (Å²) in [5, 5.41) is 11.7. The van der Waals surface area contributed by atoms with Crippen LogP contribution in [0.3, 0.4) is 0 Å². The lowest BCUT2D eigenvalue weighted by atomic mass is 10.0. The van der Waals surface area contributed by atoms with E-state index in [9.17, 15) is 19.6 Å². The van der Waals surface area contributed by atoms with Gasteiger partial charge in [-0.15, -0.1) is 0 Å². The van der Waals surface area contributed by atoms with Crippen LogP contribution in [0.15, 0.2) is 60.8 Å². The Morgan fingerprint density at radius 2 is 1.49 bits per heavy atom. The summed E-state index contributed by atoms with van der Waals surface area (Å²) in [4.78, 5) is 38.7. The number of benzene rings is 2. The molecule has 9 nitrogen and oxygen atoms in total. The standard InChI is InChI=1S/C28H34N2O7/c1-27(2,3)36-25(32)29-17-20(21-14-10-11-15-22(21)29)16-23(30(34)26(33)37-28(4,5)6)24(31)35-18-19-12-8-7-9-13-19/h7-15,17,23,34H,16,18H2,1-6H3. The monoisotopic (exact) mass is 510 g/mol. The number of aromatic nitrogens is 1. The molecular formula is C28H34N2O7. The molecule has 1 amide bonds. The molecule has 0 radical (unpaired) electrons. The molecule has 1 N–H and O–H groups in total. The first-order valence-electron chi connectivity index (χ1n) is 12.0. The van der Waals surface area contributed by atoms with Crippen molar-refractivity contribution in [3.8, 4) is 0 Å². The first kappa shape index (κ1) is 27.7. The Bertz CT molecular complexity index is 1250. The molecule has 198 valence electrons. The average Bonchev–Trinajstić information content (AvgIpc) is 3.18. The van der Waals surface area contributed by atoms with Crippen LogP contribution in [-0.4, -0.2) is 50.2 Å². The van der Waals surface area contributed by atoms with Crippen LogP contribution in [0.4, 0.5) is 9.59 Å². The number of esters is 1. The topological polar surface area (TPSA) is 107 Å². The fraction of sp³-hybridized carbons (Fsp3) is 0.393. The molecule has 0 fully saturated rings. The minimum absolute atomic E-state index is 0.0437. The van der Waals surface area contributed by atoms with Crippen molar-refractivity contribution in [1.29, 1.82) is 0 Å². The molecule has 9 heteroatoms. The Morgan fingerprint density at radius 3 is 2.11 bits per heavy atom. The van der Waals surface area contributed by atoms with Crippen molar-refractivity contribution in [1.82, 2.24) is 9.63 Å². The Hall–Kier alpha value is -3.85. The van der Waals surface area contributed by atoms with E-state index in [1.165, 1.54) is 4.57 Å². The second kappa shape index (κ2) is 11.0. The fourth-order valence-electron chi connectivity index (χ4n) is 3.61. The Morgan fingerprint density at radius 1 is 0.892 bits per heavy atom. The molecule has 0 aliphatic carbocycles. The van der Waals surface area contributed by atoms with Gasteiger partial charge >= 0.3 is 18.2 Å². The fourth-order valence-corrected chi connectivity index (χ4v) is 3.61. The number of hydroxylamine groups is 2. The van der Waals surface area contributed by atoms with Gasteiger partial charge in [0, 0.05) is 18.0 Å². The van der Waals surface area contributed by atoms with Crippen molar-refractivity contribution < 1.29 is 33.8 Å². The van der Waals surface area contributed by atoms with E-state index in [0.29, 0.717) is 16.5 Å². The highest BCUT2D eigenvalue weighted by atomic mass is 16.6. The predicted octanol–water partition coefficient (Wildman–Crippen LogP) is 5.71. The Balaban J connectivity index is 1.94. The highest BCUT2D eigenvalue weighted by Crippen LogP contribution is 2.26. The summed E-state index contributed by atoms with van der Waals surface area (Å²) in [5.74, 6) is -0.827. The van der Waals surface area contributed by atoms with E-state index in [1.807, 2.05) is 18.2 Å². The number of amides is 1. The molecule has 3 rings (SSSR count). The van der Waals surface area contributed by atoms with Crippen LogP contribution in [0, 0.1) is 0 Å². The van der Waals surface area contributed by atoms with Gasteiger partial charge in [0.1, 0.15) is 17.8 Å². The molecule has 0 saturated carbocycles. The third kappa shape index (κ3) is 7.57. The van der Waals surface area contributed by atoms with E-state index in [4.69, 9.17) is 14.2 Å². The predicted molar refractivity (Wildman–Crippen MR) is 137 cm³/mol. The summed E-state index contributed by atoms with van der Waals surface area (Å²) >= 11 is 0. The number of carbonyl (C=O) groups is 3. The first-order chi connectivity index (χ1) is 17.2. The summed E-state index contributed by atoms with van der Waals surface area (Å²) < 4.78 is 17.6. The van der Waals surface area contributed by atoms with Crippen LogP contribution < -0.4 is 0 Å². The molecule has 0 saturated heterocycles. The van der Waals surface area contributed by atoms with E-state index in [-0.39, 0.29) is 18.1 Å². The summed E-state index contributed by atoms with van der Waals surface area (Å²) in [6.07, 6.45) is -0.282. The van der Waals surface area contributed by atoms with Crippen LogP contribution >= 0.6 is 0 Å². The largest absolute Gasteiger partial charge is 0.459 e. The lowest BCUT2D eigenvalue weighted by Gasteiger charge is -2.27. The van der Waals surface area contributed by atoms with E-state index in [0.717, 1.165) is 5.56 Å². The Labute approximate surface area is 216 Å². The van der Waals surface area contributed by atoms with E-state index < -0.39 is 35.4 Å². The maximum Gasteiger partial charge on any atom is 0.435 e. The molecule has 0 aliphatic rings. The number of carbonyl (C=O) groups excluding carboxylic acids is 3. The maximum absolute atomic E-state index is 13.2. The summed E-state index contributed by atoms with van der Waals surface area (Å²) in [6, 6.07) is 14.7. The molecule has 0 aliphatic heterocycles. The van der Waals surface area contributed by atoms with Gasteiger partial charge in [0.2, 0.25) is 0 Å². The molecular weight excluding hydrogens is 476 g/mol. The van der Waals surface area contributed by atoms with Crippen molar-refractivity contribution in [2.75, 3.05) is 0 Å².